The third kappa shape index (κ3) is 5.96. The monoisotopic (exact) mass is 328 g/mol. The van der Waals surface area contributed by atoms with Crippen LogP contribution in [0.3, 0.4) is 0 Å². The average molecular weight is 328 g/mol. The molecule has 2 fully saturated rings. The molecule has 2 rings (SSSR count). The smallest absolute Gasteiger partial charge is 0.0117 e. The van der Waals surface area contributed by atoms with Crippen molar-refractivity contribution in [2.45, 2.75) is 31.7 Å². The fourth-order valence-electron chi connectivity index (χ4n) is 2.98. The van der Waals surface area contributed by atoms with E-state index in [1.54, 1.807) is 0 Å². The summed E-state index contributed by atoms with van der Waals surface area (Å²) in [7, 11) is 4.56. The molecule has 105 valence electrons. The molecule has 0 aliphatic carbocycles. The number of nitrogens with zero attached hydrogens (tertiary/aromatic N) is 3. The second-order valence-electron chi connectivity index (χ2n) is 5.59. The van der Waals surface area contributed by atoms with Gasteiger partial charge in [0.15, 0.2) is 0 Å². The van der Waals surface area contributed by atoms with Crippen molar-refractivity contribution in [3.05, 3.63) is 12.7 Å². The SMILES string of the molecule is CN1CCC(N(C)CC2CC[N-]CC2)CC1.[CH3-].[Y]. The topological polar surface area (TPSA) is 20.6 Å². The van der Waals surface area contributed by atoms with E-state index in [1.165, 1.54) is 45.3 Å². The Hall–Kier alpha value is 0.984. The van der Waals surface area contributed by atoms with E-state index < -0.39 is 0 Å². The molecule has 0 aromatic rings. The van der Waals surface area contributed by atoms with Gasteiger partial charge in [0.05, 0.1) is 0 Å². The Labute approximate surface area is 139 Å². The van der Waals surface area contributed by atoms with Crippen molar-refractivity contribution < 1.29 is 32.7 Å². The maximum atomic E-state index is 4.43. The molecule has 0 saturated carbocycles. The van der Waals surface area contributed by atoms with Crippen LogP contribution in [0.15, 0.2) is 0 Å². The van der Waals surface area contributed by atoms with Gasteiger partial charge in [-0.3, -0.25) is 0 Å². The van der Waals surface area contributed by atoms with Gasteiger partial charge in [-0.05, 0) is 45.9 Å². The molecule has 1 radical (unpaired) electrons. The van der Waals surface area contributed by atoms with Crippen molar-refractivity contribution in [1.29, 1.82) is 0 Å². The van der Waals surface area contributed by atoms with Crippen molar-refractivity contribution in [1.82, 2.24) is 9.80 Å². The predicted octanol–water partition coefficient (Wildman–Crippen LogP) is 2.24. The maximum absolute atomic E-state index is 4.43. The van der Waals surface area contributed by atoms with Gasteiger partial charge in [-0.1, -0.05) is 12.8 Å². The molecule has 0 atom stereocenters. The van der Waals surface area contributed by atoms with Crippen molar-refractivity contribution in [2.24, 2.45) is 5.92 Å². The summed E-state index contributed by atoms with van der Waals surface area (Å²) in [6, 6.07) is 0.829. The first kappa shape index (κ1) is 19.0. The summed E-state index contributed by atoms with van der Waals surface area (Å²) in [4.78, 5) is 5.06. The molecular formula is C14H29N3Y-2. The summed E-state index contributed by atoms with van der Waals surface area (Å²) in [6.07, 6.45) is 5.34. The molecule has 0 amide bonds. The summed E-state index contributed by atoms with van der Waals surface area (Å²) in [5, 5.41) is 4.43. The zero-order valence-electron chi connectivity index (χ0n) is 12.4. The quantitative estimate of drug-likeness (QED) is 0.741. The Bertz CT molecular complexity index is 199. The second kappa shape index (κ2) is 9.82. The third-order valence-electron chi connectivity index (χ3n) is 4.25. The Balaban J connectivity index is 0.00000144. The molecule has 2 aliphatic rings. The van der Waals surface area contributed by atoms with E-state index in [0.717, 1.165) is 25.0 Å². The molecule has 0 aromatic heterocycles. The molecule has 0 spiro atoms. The second-order valence-corrected chi connectivity index (χ2v) is 5.59. The summed E-state index contributed by atoms with van der Waals surface area (Å²) >= 11 is 0. The number of hydrogen-bond donors (Lipinski definition) is 0. The molecular weight excluding hydrogens is 299 g/mol. The van der Waals surface area contributed by atoms with Gasteiger partial charge in [0, 0.05) is 45.3 Å². The number of hydrogen-bond acceptors (Lipinski definition) is 2. The summed E-state index contributed by atoms with van der Waals surface area (Å²) < 4.78 is 0. The van der Waals surface area contributed by atoms with Crippen LogP contribution in [0.4, 0.5) is 0 Å². The van der Waals surface area contributed by atoms with E-state index in [2.05, 4.69) is 29.2 Å². The zero-order chi connectivity index (χ0) is 11.4. The number of piperidine rings is 2. The van der Waals surface area contributed by atoms with Crippen LogP contribution in [0.5, 0.6) is 0 Å². The molecule has 2 heterocycles. The van der Waals surface area contributed by atoms with Gasteiger partial charge in [0.2, 0.25) is 0 Å². The maximum Gasteiger partial charge on any atom is 0.0117 e. The van der Waals surface area contributed by atoms with E-state index in [9.17, 15) is 0 Å². The minimum Gasteiger partial charge on any atom is -0.662 e. The van der Waals surface area contributed by atoms with E-state index in [-0.39, 0.29) is 40.1 Å². The van der Waals surface area contributed by atoms with Crippen LogP contribution in [-0.2, 0) is 32.7 Å². The Kier molecular flexibility index (Phi) is 10.4. The van der Waals surface area contributed by atoms with Gasteiger partial charge in [-0.25, -0.2) is 0 Å². The van der Waals surface area contributed by atoms with Crippen LogP contribution in [-0.4, -0.2) is 62.7 Å². The molecule has 2 saturated heterocycles. The fourth-order valence-corrected chi connectivity index (χ4v) is 2.98. The third-order valence-corrected chi connectivity index (χ3v) is 4.25. The molecule has 0 N–H and O–H groups in total. The van der Waals surface area contributed by atoms with Crippen LogP contribution < -0.4 is 0 Å². The molecule has 3 nitrogen and oxygen atoms in total. The fraction of sp³-hybridized carbons (Fsp3) is 0.929. The van der Waals surface area contributed by atoms with Crippen molar-refractivity contribution >= 4 is 0 Å². The number of rotatable bonds is 3. The van der Waals surface area contributed by atoms with E-state index in [4.69, 9.17) is 0 Å². The van der Waals surface area contributed by atoms with Crippen molar-refractivity contribution in [3.8, 4) is 0 Å². The average Bonchev–Trinajstić information content (AvgIpc) is 2.31. The van der Waals surface area contributed by atoms with Crippen LogP contribution in [0.25, 0.3) is 5.32 Å². The van der Waals surface area contributed by atoms with Crippen molar-refractivity contribution in [2.75, 3.05) is 46.8 Å². The first-order valence-corrected chi connectivity index (χ1v) is 6.78. The van der Waals surface area contributed by atoms with Gasteiger partial charge in [-0.15, -0.1) is 13.1 Å². The minimum atomic E-state index is 0. The van der Waals surface area contributed by atoms with Gasteiger partial charge in [0.25, 0.3) is 0 Å². The molecule has 18 heavy (non-hydrogen) atoms. The van der Waals surface area contributed by atoms with Gasteiger partial charge < -0.3 is 22.5 Å². The Morgan fingerprint density at radius 3 is 2.22 bits per heavy atom. The largest absolute Gasteiger partial charge is 0.662 e. The van der Waals surface area contributed by atoms with Crippen LogP contribution in [0, 0.1) is 13.3 Å². The summed E-state index contributed by atoms with van der Waals surface area (Å²) in [6.45, 7) is 6.05. The molecule has 4 heteroatoms. The first-order valence-electron chi connectivity index (χ1n) is 6.78. The Morgan fingerprint density at radius 1 is 1.11 bits per heavy atom. The van der Waals surface area contributed by atoms with Gasteiger partial charge in [0.1, 0.15) is 0 Å². The van der Waals surface area contributed by atoms with Gasteiger partial charge in [-0.2, -0.15) is 0 Å². The summed E-state index contributed by atoms with van der Waals surface area (Å²) in [5.41, 5.74) is 0. The Morgan fingerprint density at radius 2 is 1.67 bits per heavy atom. The molecule has 0 bridgehead atoms. The minimum absolute atomic E-state index is 0. The molecule has 0 unspecified atom stereocenters. The normalized spacial score (nSPS) is 23.5. The van der Waals surface area contributed by atoms with Crippen molar-refractivity contribution in [3.63, 3.8) is 0 Å². The number of likely N-dealkylation sites (tertiary alicyclic amines) is 1. The van der Waals surface area contributed by atoms with Gasteiger partial charge >= 0.3 is 0 Å². The van der Waals surface area contributed by atoms with E-state index >= 15 is 0 Å². The van der Waals surface area contributed by atoms with Crippen LogP contribution >= 0.6 is 0 Å². The molecule has 0 aromatic carbocycles. The standard InChI is InChI=1S/C13H26N3.CH3.Y/c1-15-9-5-13(6-10-15)16(2)11-12-3-7-14-8-4-12;;/h12-13H,3-11H2,1-2H3;1H3;/q2*-1;. The van der Waals surface area contributed by atoms with E-state index in [1.807, 2.05) is 0 Å². The first-order chi connectivity index (χ1) is 7.75. The predicted molar refractivity (Wildman–Crippen MR) is 75.4 cm³/mol. The molecule has 2 aliphatic heterocycles. The van der Waals surface area contributed by atoms with Crippen LogP contribution in [0.1, 0.15) is 25.7 Å². The van der Waals surface area contributed by atoms with E-state index in [0.29, 0.717) is 0 Å². The summed E-state index contributed by atoms with van der Waals surface area (Å²) in [5.74, 6) is 0.905. The van der Waals surface area contributed by atoms with Crippen LogP contribution in [0.2, 0.25) is 0 Å². The zero-order valence-corrected chi connectivity index (χ0v) is 15.3.